The van der Waals surface area contributed by atoms with Crippen molar-refractivity contribution < 1.29 is 4.79 Å². The highest BCUT2D eigenvalue weighted by molar-refractivity contribution is 5.77. The molecule has 1 aromatic carbocycles. The Hall–Kier alpha value is -1.31. The van der Waals surface area contributed by atoms with Gasteiger partial charge in [-0.3, -0.25) is 4.79 Å². The maximum absolute atomic E-state index is 10.8. The largest absolute Gasteiger partial charge is 0.369 e. The van der Waals surface area contributed by atoms with Gasteiger partial charge in [0.2, 0.25) is 5.91 Å². The fourth-order valence-electron chi connectivity index (χ4n) is 1.66. The summed E-state index contributed by atoms with van der Waals surface area (Å²) in [4.78, 5) is 10.8. The molecule has 0 fully saturated rings. The molecule has 1 aromatic rings. The summed E-state index contributed by atoms with van der Waals surface area (Å²) in [5, 5.41) is 0. The van der Waals surface area contributed by atoms with E-state index >= 15 is 0 Å². The van der Waals surface area contributed by atoms with Crippen molar-refractivity contribution in [3.05, 3.63) is 34.4 Å². The average molecular weight is 177 g/mol. The minimum absolute atomic E-state index is 0.268. The molecule has 0 saturated heterocycles. The SMILES string of the molecule is Cc1cc(C)c(CC(N)=O)c(C)c1. The van der Waals surface area contributed by atoms with Crippen LogP contribution < -0.4 is 5.73 Å². The number of primary amides is 1. The van der Waals surface area contributed by atoms with Crippen molar-refractivity contribution in [1.29, 1.82) is 0 Å². The highest BCUT2D eigenvalue weighted by atomic mass is 16.1. The molecular weight excluding hydrogens is 162 g/mol. The van der Waals surface area contributed by atoms with Crippen molar-refractivity contribution in [3.63, 3.8) is 0 Å². The summed E-state index contributed by atoms with van der Waals surface area (Å²) in [6.45, 7) is 6.07. The topological polar surface area (TPSA) is 43.1 Å². The van der Waals surface area contributed by atoms with Gasteiger partial charge in [-0.15, -0.1) is 0 Å². The van der Waals surface area contributed by atoms with E-state index in [1.54, 1.807) is 0 Å². The summed E-state index contributed by atoms with van der Waals surface area (Å²) in [7, 11) is 0. The number of carbonyl (C=O) groups excluding carboxylic acids is 1. The molecule has 13 heavy (non-hydrogen) atoms. The number of hydrogen-bond donors (Lipinski definition) is 1. The normalized spacial score (nSPS) is 10.1. The van der Waals surface area contributed by atoms with Gasteiger partial charge < -0.3 is 5.73 Å². The number of benzene rings is 1. The first kappa shape index (κ1) is 9.78. The molecule has 0 spiro atoms. The summed E-state index contributed by atoms with van der Waals surface area (Å²) in [6.07, 6.45) is 0.345. The standard InChI is InChI=1S/C11H15NO/c1-7-4-8(2)10(6-11(12)13)9(3)5-7/h4-5H,6H2,1-3H3,(H2,12,13). The minimum Gasteiger partial charge on any atom is -0.369 e. The van der Waals surface area contributed by atoms with Crippen LogP contribution in [0, 0.1) is 20.8 Å². The third kappa shape index (κ3) is 2.31. The number of aryl methyl sites for hydroxylation is 3. The molecule has 70 valence electrons. The van der Waals surface area contributed by atoms with Crippen LogP contribution in [0.1, 0.15) is 22.3 Å². The van der Waals surface area contributed by atoms with Crippen LogP contribution >= 0.6 is 0 Å². The first-order valence-corrected chi connectivity index (χ1v) is 4.35. The fraction of sp³-hybridized carbons (Fsp3) is 0.364. The zero-order valence-corrected chi connectivity index (χ0v) is 8.35. The number of amides is 1. The first-order valence-electron chi connectivity index (χ1n) is 4.35. The summed E-state index contributed by atoms with van der Waals surface area (Å²) in [5.74, 6) is -0.268. The van der Waals surface area contributed by atoms with Gasteiger partial charge in [-0.1, -0.05) is 17.7 Å². The summed E-state index contributed by atoms with van der Waals surface area (Å²) >= 11 is 0. The quantitative estimate of drug-likeness (QED) is 0.733. The van der Waals surface area contributed by atoms with Gasteiger partial charge in [-0.2, -0.15) is 0 Å². The van der Waals surface area contributed by atoms with Gasteiger partial charge in [0.1, 0.15) is 0 Å². The molecule has 1 rings (SSSR count). The predicted octanol–water partition coefficient (Wildman–Crippen LogP) is 1.64. The van der Waals surface area contributed by atoms with Gasteiger partial charge in [-0.05, 0) is 37.5 Å². The van der Waals surface area contributed by atoms with Crippen LogP contribution in [0.3, 0.4) is 0 Å². The van der Waals surface area contributed by atoms with Crippen molar-refractivity contribution in [1.82, 2.24) is 0 Å². The maximum Gasteiger partial charge on any atom is 0.221 e. The van der Waals surface area contributed by atoms with Gasteiger partial charge in [0.25, 0.3) is 0 Å². The van der Waals surface area contributed by atoms with Crippen molar-refractivity contribution >= 4 is 5.91 Å². The van der Waals surface area contributed by atoms with E-state index in [-0.39, 0.29) is 5.91 Å². The lowest BCUT2D eigenvalue weighted by Crippen LogP contribution is -2.15. The average Bonchev–Trinajstić information content (AvgIpc) is 1.96. The molecule has 2 heteroatoms. The molecule has 0 aromatic heterocycles. The molecule has 0 aliphatic carbocycles. The number of nitrogens with two attached hydrogens (primary N) is 1. The molecule has 0 aliphatic rings. The van der Waals surface area contributed by atoms with E-state index in [1.807, 2.05) is 20.8 Å². The van der Waals surface area contributed by atoms with Crippen molar-refractivity contribution in [2.45, 2.75) is 27.2 Å². The third-order valence-electron chi connectivity index (χ3n) is 2.19. The Bertz CT molecular complexity index is 319. The molecule has 0 atom stereocenters. The second-order valence-electron chi connectivity index (χ2n) is 3.52. The summed E-state index contributed by atoms with van der Waals surface area (Å²) in [5.41, 5.74) is 9.75. The maximum atomic E-state index is 10.8. The van der Waals surface area contributed by atoms with E-state index in [4.69, 9.17) is 5.73 Å². The second kappa shape index (κ2) is 3.60. The zero-order valence-electron chi connectivity index (χ0n) is 8.35. The van der Waals surface area contributed by atoms with Crippen molar-refractivity contribution in [2.75, 3.05) is 0 Å². The van der Waals surface area contributed by atoms with Crippen LogP contribution in [-0.4, -0.2) is 5.91 Å². The second-order valence-corrected chi connectivity index (χ2v) is 3.52. The fourth-order valence-corrected chi connectivity index (χ4v) is 1.66. The molecule has 0 heterocycles. The van der Waals surface area contributed by atoms with Crippen molar-refractivity contribution in [3.8, 4) is 0 Å². The highest BCUT2D eigenvalue weighted by Gasteiger charge is 2.05. The number of carbonyl (C=O) groups is 1. The van der Waals surface area contributed by atoms with Gasteiger partial charge >= 0.3 is 0 Å². The van der Waals surface area contributed by atoms with E-state index in [2.05, 4.69) is 12.1 Å². The van der Waals surface area contributed by atoms with E-state index in [0.717, 1.165) is 16.7 Å². The van der Waals surface area contributed by atoms with E-state index < -0.39 is 0 Å². The van der Waals surface area contributed by atoms with Crippen molar-refractivity contribution in [2.24, 2.45) is 5.73 Å². The molecule has 0 saturated carbocycles. The van der Waals surface area contributed by atoms with Crippen LogP contribution in [-0.2, 0) is 11.2 Å². The van der Waals surface area contributed by atoms with Gasteiger partial charge in [0.15, 0.2) is 0 Å². The Morgan fingerprint density at radius 1 is 1.23 bits per heavy atom. The van der Waals surface area contributed by atoms with E-state index in [9.17, 15) is 4.79 Å². The Morgan fingerprint density at radius 3 is 2.08 bits per heavy atom. The van der Waals surface area contributed by atoms with Crippen LogP contribution in [0.4, 0.5) is 0 Å². The predicted molar refractivity (Wildman–Crippen MR) is 53.6 cm³/mol. The molecule has 2 N–H and O–H groups in total. The molecule has 0 bridgehead atoms. The monoisotopic (exact) mass is 177 g/mol. The van der Waals surface area contributed by atoms with E-state index in [0.29, 0.717) is 6.42 Å². The molecule has 0 aliphatic heterocycles. The minimum atomic E-state index is -0.268. The van der Waals surface area contributed by atoms with Gasteiger partial charge in [0.05, 0.1) is 6.42 Å². The Morgan fingerprint density at radius 2 is 1.69 bits per heavy atom. The van der Waals surface area contributed by atoms with E-state index in [1.165, 1.54) is 5.56 Å². The number of rotatable bonds is 2. The molecule has 2 nitrogen and oxygen atoms in total. The Balaban J connectivity index is 3.13. The lowest BCUT2D eigenvalue weighted by atomic mass is 9.97. The molecule has 1 amide bonds. The van der Waals surface area contributed by atoms with Crippen LogP contribution in [0.25, 0.3) is 0 Å². The Kier molecular flexibility index (Phi) is 2.71. The first-order chi connectivity index (χ1) is 6.00. The molecule has 0 unspecified atom stereocenters. The molecule has 0 radical (unpaired) electrons. The zero-order chi connectivity index (χ0) is 10.0. The molecular formula is C11H15NO. The summed E-state index contributed by atoms with van der Waals surface area (Å²) in [6, 6.07) is 4.15. The third-order valence-corrected chi connectivity index (χ3v) is 2.19. The lowest BCUT2D eigenvalue weighted by molar-refractivity contribution is -0.117. The number of hydrogen-bond acceptors (Lipinski definition) is 1. The summed E-state index contributed by atoms with van der Waals surface area (Å²) < 4.78 is 0. The Labute approximate surface area is 78.8 Å². The van der Waals surface area contributed by atoms with Crippen LogP contribution in [0.5, 0.6) is 0 Å². The van der Waals surface area contributed by atoms with Crippen LogP contribution in [0.15, 0.2) is 12.1 Å². The van der Waals surface area contributed by atoms with Gasteiger partial charge in [-0.25, -0.2) is 0 Å². The smallest absolute Gasteiger partial charge is 0.221 e. The van der Waals surface area contributed by atoms with Crippen LogP contribution in [0.2, 0.25) is 0 Å². The lowest BCUT2D eigenvalue weighted by Gasteiger charge is -2.08. The van der Waals surface area contributed by atoms with Gasteiger partial charge in [0, 0.05) is 0 Å². The highest BCUT2D eigenvalue weighted by Crippen LogP contribution is 2.16.